The first-order valence-electron chi connectivity index (χ1n) is 14.3. The smallest absolute Gasteiger partial charge is 0.288 e. The number of methoxy groups -OCH3 is 2. The number of aliphatic hydroxyl groups excluding tert-OH is 1. The van der Waals surface area contributed by atoms with Crippen molar-refractivity contribution in [3.63, 3.8) is 0 Å². The molecule has 0 saturated carbocycles. The molecule has 2 aromatic rings. The van der Waals surface area contributed by atoms with Crippen LogP contribution in [0.1, 0.15) is 36.0 Å². The number of amides is 1. The Morgan fingerprint density at radius 1 is 1.02 bits per heavy atom. The summed E-state index contributed by atoms with van der Waals surface area (Å²) in [6, 6.07) is 14.9. The average molecular weight is 570 g/mol. The van der Waals surface area contributed by atoms with Crippen molar-refractivity contribution in [2.45, 2.75) is 38.3 Å². The van der Waals surface area contributed by atoms with Crippen molar-refractivity contribution in [1.29, 1.82) is 0 Å². The van der Waals surface area contributed by atoms with Gasteiger partial charge in [0.15, 0.2) is 12.0 Å². The maximum Gasteiger partial charge on any atom is 0.288 e. The number of likely N-dealkylation sites (N-methyl/N-ethyl adjacent to an activating group) is 1. The molecule has 0 saturated heterocycles. The maximum absolute atomic E-state index is 13.6. The van der Waals surface area contributed by atoms with Gasteiger partial charge in [-0.25, -0.2) is 0 Å². The molecule has 1 aliphatic heterocycles. The lowest BCUT2D eigenvalue weighted by atomic mass is 9.78. The van der Waals surface area contributed by atoms with Crippen LogP contribution in [0.25, 0.3) is 11.1 Å². The van der Waals surface area contributed by atoms with E-state index in [1.807, 2.05) is 13.0 Å². The van der Waals surface area contributed by atoms with Gasteiger partial charge in [-0.2, -0.15) is 0 Å². The molecule has 1 aliphatic carbocycles. The molecule has 3 atom stereocenters. The van der Waals surface area contributed by atoms with E-state index in [9.17, 15) is 4.79 Å². The van der Waals surface area contributed by atoms with E-state index in [0.29, 0.717) is 39.5 Å². The highest BCUT2D eigenvalue weighted by Gasteiger charge is 2.40. The monoisotopic (exact) mass is 569 g/mol. The Morgan fingerprint density at radius 3 is 2.49 bits per heavy atom. The minimum Gasteiger partial charge on any atom is -0.459 e. The van der Waals surface area contributed by atoms with Crippen LogP contribution in [0.15, 0.2) is 54.3 Å². The number of hydrogen-bond donors (Lipinski definition) is 1. The molecule has 9 nitrogen and oxygen atoms in total. The predicted molar refractivity (Wildman–Crippen MR) is 154 cm³/mol. The molecule has 224 valence electrons. The topological polar surface area (TPSA) is 95.9 Å². The number of nitrogens with zero attached hydrogens (tertiary/aromatic N) is 1. The Hall–Kier alpha value is -2.79. The van der Waals surface area contributed by atoms with E-state index in [0.717, 1.165) is 6.42 Å². The van der Waals surface area contributed by atoms with Gasteiger partial charge in [0, 0.05) is 46.3 Å². The highest BCUT2D eigenvalue weighted by Crippen LogP contribution is 2.45. The zero-order valence-electron chi connectivity index (χ0n) is 24.5. The molecule has 1 heterocycles. The molecule has 2 aromatic carbocycles. The molecule has 0 fully saturated rings. The van der Waals surface area contributed by atoms with Crippen molar-refractivity contribution in [3.8, 4) is 11.1 Å². The zero-order chi connectivity index (χ0) is 29.2. The molecule has 4 rings (SSSR count). The van der Waals surface area contributed by atoms with Crippen LogP contribution >= 0.6 is 0 Å². The van der Waals surface area contributed by atoms with Gasteiger partial charge in [0.05, 0.1) is 33.0 Å². The van der Waals surface area contributed by atoms with Gasteiger partial charge in [-0.15, -0.1) is 0 Å². The summed E-state index contributed by atoms with van der Waals surface area (Å²) in [6.45, 7) is 4.22. The van der Waals surface area contributed by atoms with Crippen molar-refractivity contribution in [2.24, 2.45) is 5.92 Å². The Balaban J connectivity index is 1.65. The third-order valence-corrected chi connectivity index (χ3v) is 7.67. The van der Waals surface area contributed by atoms with Crippen LogP contribution in [0.5, 0.6) is 0 Å². The molecular weight excluding hydrogens is 526 g/mol. The second-order valence-corrected chi connectivity index (χ2v) is 10.2. The van der Waals surface area contributed by atoms with Crippen LogP contribution in [0.3, 0.4) is 0 Å². The zero-order valence-corrected chi connectivity index (χ0v) is 24.5. The van der Waals surface area contributed by atoms with Gasteiger partial charge in [0.1, 0.15) is 0 Å². The number of hydrogen-bond acceptors (Lipinski definition) is 8. The van der Waals surface area contributed by atoms with Crippen molar-refractivity contribution >= 4 is 5.91 Å². The van der Waals surface area contributed by atoms with Gasteiger partial charge < -0.3 is 38.4 Å². The van der Waals surface area contributed by atoms with E-state index in [1.165, 1.54) is 27.8 Å². The van der Waals surface area contributed by atoms with Crippen LogP contribution in [-0.2, 0) is 39.6 Å². The first kappa shape index (κ1) is 31.2. The Morgan fingerprint density at radius 2 is 1.76 bits per heavy atom. The maximum atomic E-state index is 13.6. The number of carbonyl (C=O) groups is 1. The minimum absolute atomic E-state index is 0.0113. The Bertz CT molecular complexity index is 1160. The van der Waals surface area contributed by atoms with E-state index < -0.39 is 12.6 Å². The second kappa shape index (κ2) is 15.4. The molecular formula is C32H43NO8. The van der Waals surface area contributed by atoms with Crippen molar-refractivity contribution in [2.75, 3.05) is 67.5 Å². The van der Waals surface area contributed by atoms with E-state index in [-0.39, 0.29) is 36.7 Å². The summed E-state index contributed by atoms with van der Waals surface area (Å²) >= 11 is 0. The molecule has 0 spiro atoms. The van der Waals surface area contributed by atoms with Crippen LogP contribution in [0.4, 0.5) is 0 Å². The van der Waals surface area contributed by atoms with Gasteiger partial charge >= 0.3 is 0 Å². The molecule has 0 radical (unpaired) electrons. The first-order chi connectivity index (χ1) is 20.0. The van der Waals surface area contributed by atoms with Crippen LogP contribution in [0, 0.1) is 5.92 Å². The van der Waals surface area contributed by atoms with Gasteiger partial charge in [0.25, 0.3) is 5.91 Å². The number of allylic oxidation sites excluding steroid dienone is 1. The third-order valence-electron chi connectivity index (χ3n) is 7.67. The summed E-state index contributed by atoms with van der Waals surface area (Å²) < 4.78 is 34.2. The standard InChI is InChI=1S/C32H43NO8/c1-5-40-32-26(13-15-38-17-18-39-16-14-34)28(20-29(41-32)31(35)33(2)21-30(36-3)37-4)25-12-8-11-24-23-10-7-6-9-22(23)19-27(24)25/h6-12,20,26,28,30,32,34H,5,13-19,21H2,1-4H3/t26-,28+,32+/m1/s1. The highest BCUT2D eigenvalue weighted by atomic mass is 16.7. The van der Waals surface area contributed by atoms with Crippen molar-refractivity contribution < 1.29 is 38.3 Å². The molecule has 1 N–H and O–H groups in total. The van der Waals surface area contributed by atoms with E-state index in [4.69, 9.17) is 33.5 Å². The Labute approximate surface area is 242 Å². The van der Waals surface area contributed by atoms with E-state index in [1.54, 1.807) is 26.2 Å². The largest absolute Gasteiger partial charge is 0.459 e. The molecule has 1 amide bonds. The molecule has 9 heteroatoms. The van der Waals surface area contributed by atoms with Crippen LogP contribution < -0.4 is 0 Å². The Kier molecular flexibility index (Phi) is 11.7. The molecule has 0 unspecified atom stereocenters. The van der Waals surface area contributed by atoms with Crippen LogP contribution in [0.2, 0.25) is 0 Å². The third kappa shape index (κ3) is 7.54. The molecule has 2 aliphatic rings. The average Bonchev–Trinajstić information content (AvgIpc) is 3.38. The number of benzene rings is 2. The minimum atomic E-state index is -0.628. The highest BCUT2D eigenvalue weighted by molar-refractivity contribution is 5.91. The summed E-state index contributed by atoms with van der Waals surface area (Å²) in [4.78, 5) is 15.2. The van der Waals surface area contributed by atoms with E-state index >= 15 is 0 Å². The summed E-state index contributed by atoms with van der Waals surface area (Å²) in [6.07, 6.45) is 2.28. The lowest BCUT2D eigenvalue weighted by molar-refractivity contribution is -0.174. The quantitative estimate of drug-likeness (QED) is 0.206. The number of carbonyl (C=O) groups excluding carboxylic acids is 1. The van der Waals surface area contributed by atoms with Crippen LogP contribution in [-0.4, -0.2) is 95.9 Å². The van der Waals surface area contributed by atoms with Gasteiger partial charge in [-0.05, 0) is 53.7 Å². The van der Waals surface area contributed by atoms with Crippen molar-refractivity contribution in [1.82, 2.24) is 4.90 Å². The molecule has 0 bridgehead atoms. The van der Waals surface area contributed by atoms with Gasteiger partial charge in [-0.1, -0.05) is 42.5 Å². The SMILES string of the molecule is CCO[C@H]1OC(C(=O)N(C)CC(OC)OC)=C[C@@H](c2cccc3c2Cc2ccccc2-3)[C@H]1CCOCCOCCO. The summed E-state index contributed by atoms with van der Waals surface area (Å²) in [7, 11) is 4.80. The fourth-order valence-corrected chi connectivity index (χ4v) is 5.63. The number of aliphatic hydroxyl groups is 1. The number of ether oxygens (including phenoxy) is 6. The fraction of sp³-hybridized carbons (Fsp3) is 0.531. The summed E-state index contributed by atoms with van der Waals surface area (Å²) in [5.41, 5.74) is 6.23. The molecule has 41 heavy (non-hydrogen) atoms. The normalized spacial score (nSPS) is 19.5. The van der Waals surface area contributed by atoms with E-state index in [2.05, 4.69) is 42.5 Å². The molecule has 0 aromatic heterocycles. The number of fused-ring (bicyclic) bond motifs is 3. The first-order valence-corrected chi connectivity index (χ1v) is 14.3. The summed E-state index contributed by atoms with van der Waals surface area (Å²) in [5.74, 6) is -0.224. The lowest BCUT2D eigenvalue weighted by Gasteiger charge is -2.38. The number of rotatable bonds is 16. The van der Waals surface area contributed by atoms with Crippen molar-refractivity contribution in [3.05, 3.63) is 71.0 Å². The summed E-state index contributed by atoms with van der Waals surface area (Å²) in [5, 5.41) is 8.90. The fourth-order valence-electron chi connectivity index (χ4n) is 5.63. The van der Waals surface area contributed by atoms with Gasteiger partial charge in [0.2, 0.25) is 6.29 Å². The predicted octanol–water partition coefficient (Wildman–Crippen LogP) is 3.73. The van der Waals surface area contributed by atoms with Gasteiger partial charge in [-0.3, -0.25) is 4.79 Å². The second-order valence-electron chi connectivity index (χ2n) is 10.2. The lowest BCUT2D eigenvalue weighted by Crippen LogP contribution is -2.42.